The molecule has 1 aliphatic heterocycles. The van der Waals surface area contributed by atoms with Crippen molar-refractivity contribution in [2.24, 2.45) is 0 Å². The van der Waals surface area contributed by atoms with Crippen LogP contribution in [0.25, 0.3) is 0 Å². The van der Waals surface area contributed by atoms with Crippen LogP contribution in [0.15, 0.2) is 30.3 Å². The number of morpholine rings is 1. The minimum Gasteiger partial charge on any atom is -0.462 e. The summed E-state index contributed by atoms with van der Waals surface area (Å²) in [6, 6.07) is 10.7. The minimum atomic E-state index is -0.300. The van der Waals surface area contributed by atoms with Crippen molar-refractivity contribution < 1.29 is 14.3 Å². The van der Waals surface area contributed by atoms with Gasteiger partial charge in [-0.15, -0.1) is 11.3 Å². The van der Waals surface area contributed by atoms with Gasteiger partial charge in [0, 0.05) is 18.0 Å². The van der Waals surface area contributed by atoms with E-state index in [1.807, 2.05) is 6.92 Å². The number of nitrogen functional groups attached to an aromatic ring is 1. The Morgan fingerprint density at radius 3 is 2.74 bits per heavy atom. The molecule has 2 N–H and O–H groups in total. The molecule has 1 atom stereocenters. The Balaban J connectivity index is 1.74. The van der Waals surface area contributed by atoms with Crippen molar-refractivity contribution in [2.45, 2.75) is 31.7 Å². The Morgan fingerprint density at radius 1 is 1.30 bits per heavy atom. The maximum Gasteiger partial charge on any atom is 0.350 e. The molecule has 2 aromatic rings. The topological polar surface area (TPSA) is 64.8 Å². The summed E-state index contributed by atoms with van der Waals surface area (Å²) in [6.07, 6.45) is 2.77. The van der Waals surface area contributed by atoms with Crippen LogP contribution in [0.4, 0.5) is 5.69 Å². The number of nitrogens with two attached hydrogens (primary N) is 1. The third-order valence-corrected chi connectivity index (χ3v) is 7.04. The lowest BCUT2D eigenvalue weighted by Gasteiger charge is -2.48. The maximum atomic E-state index is 12.3. The van der Waals surface area contributed by atoms with Gasteiger partial charge in [0.25, 0.3) is 0 Å². The number of carbonyl (C=O) groups excluding carboxylic acids is 1. The summed E-state index contributed by atoms with van der Waals surface area (Å²) in [5, 5.41) is 0. The molecule has 1 unspecified atom stereocenters. The summed E-state index contributed by atoms with van der Waals surface area (Å²) >= 11 is 1.51. The Bertz CT molecular complexity index is 814. The molecule has 27 heavy (non-hydrogen) atoms. The first-order chi connectivity index (χ1) is 13.2. The van der Waals surface area contributed by atoms with Crippen LogP contribution in [0.3, 0.4) is 0 Å². The van der Waals surface area contributed by atoms with E-state index in [-0.39, 0.29) is 11.5 Å². The van der Waals surface area contributed by atoms with Gasteiger partial charge in [0.05, 0.1) is 31.0 Å². The Kier molecular flexibility index (Phi) is 5.21. The molecule has 1 saturated heterocycles. The highest BCUT2D eigenvalue weighted by Crippen LogP contribution is 2.47. The van der Waals surface area contributed by atoms with Crippen LogP contribution in [0.5, 0.6) is 0 Å². The van der Waals surface area contributed by atoms with Gasteiger partial charge in [-0.2, -0.15) is 0 Å². The summed E-state index contributed by atoms with van der Waals surface area (Å²) in [5.74, 6) is -0.300. The van der Waals surface area contributed by atoms with Crippen LogP contribution in [0.2, 0.25) is 0 Å². The first-order valence-electron chi connectivity index (χ1n) is 9.61. The summed E-state index contributed by atoms with van der Waals surface area (Å²) in [4.78, 5) is 16.6. The van der Waals surface area contributed by atoms with Crippen LogP contribution in [-0.2, 0) is 27.9 Å². The number of esters is 1. The van der Waals surface area contributed by atoms with Gasteiger partial charge in [-0.3, -0.25) is 4.90 Å². The second-order valence-corrected chi connectivity index (χ2v) is 8.25. The SMILES string of the molecule is CCOC(=O)c1sc2c(c1N)CC(c1ccccc1)(N1CCOCC1)CC2. The van der Waals surface area contributed by atoms with E-state index in [1.165, 1.54) is 21.8 Å². The quantitative estimate of drug-likeness (QED) is 0.818. The molecule has 5 nitrogen and oxygen atoms in total. The molecule has 0 amide bonds. The number of nitrogens with zero attached hydrogens (tertiary/aromatic N) is 1. The number of anilines is 1. The van der Waals surface area contributed by atoms with E-state index in [0.29, 0.717) is 17.2 Å². The molecular weight excluding hydrogens is 360 g/mol. The number of fused-ring (bicyclic) bond motifs is 1. The van der Waals surface area contributed by atoms with Gasteiger partial charge in [-0.25, -0.2) is 4.79 Å². The second kappa shape index (κ2) is 7.62. The van der Waals surface area contributed by atoms with Crippen molar-refractivity contribution in [3.8, 4) is 0 Å². The predicted molar refractivity (Wildman–Crippen MR) is 107 cm³/mol. The standard InChI is InChI=1S/C21H26N2O3S/c1-2-26-20(24)19-18(22)16-14-21(9-8-17(16)27-19,15-6-4-3-5-7-15)23-10-12-25-13-11-23/h3-7H,2,8-14,22H2,1H3. The van der Waals surface area contributed by atoms with Crippen molar-refractivity contribution in [2.75, 3.05) is 38.6 Å². The van der Waals surface area contributed by atoms with Crippen LogP contribution in [0, 0.1) is 0 Å². The van der Waals surface area contributed by atoms with Crippen molar-refractivity contribution in [3.63, 3.8) is 0 Å². The van der Waals surface area contributed by atoms with Gasteiger partial charge in [-0.05, 0) is 37.3 Å². The first-order valence-corrected chi connectivity index (χ1v) is 10.4. The number of aryl methyl sites for hydroxylation is 1. The second-order valence-electron chi connectivity index (χ2n) is 7.14. The fourth-order valence-electron chi connectivity index (χ4n) is 4.41. The monoisotopic (exact) mass is 386 g/mol. The summed E-state index contributed by atoms with van der Waals surface area (Å²) in [5.41, 5.74) is 9.41. The molecule has 6 heteroatoms. The molecule has 2 aliphatic rings. The van der Waals surface area contributed by atoms with Crippen LogP contribution in [0.1, 0.15) is 39.0 Å². The van der Waals surface area contributed by atoms with E-state index in [4.69, 9.17) is 15.2 Å². The van der Waals surface area contributed by atoms with E-state index in [2.05, 4.69) is 35.2 Å². The molecular formula is C21H26N2O3S. The van der Waals surface area contributed by atoms with Crippen molar-refractivity contribution in [1.29, 1.82) is 0 Å². The first kappa shape index (κ1) is 18.5. The van der Waals surface area contributed by atoms with Crippen molar-refractivity contribution in [3.05, 3.63) is 51.2 Å². The number of thiophene rings is 1. The van der Waals surface area contributed by atoms with Gasteiger partial charge in [0.15, 0.2) is 0 Å². The molecule has 0 spiro atoms. The smallest absolute Gasteiger partial charge is 0.350 e. The van der Waals surface area contributed by atoms with Crippen LogP contribution < -0.4 is 5.73 Å². The number of ether oxygens (including phenoxy) is 2. The average molecular weight is 387 g/mol. The van der Waals surface area contributed by atoms with Gasteiger partial charge < -0.3 is 15.2 Å². The molecule has 1 aromatic carbocycles. The molecule has 0 bridgehead atoms. The van der Waals surface area contributed by atoms with Crippen LogP contribution >= 0.6 is 11.3 Å². The fraction of sp³-hybridized carbons (Fsp3) is 0.476. The maximum absolute atomic E-state index is 12.3. The molecule has 1 aromatic heterocycles. The third kappa shape index (κ3) is 3.26. The van der Waals surface area contributed by atoms with Gasteiger partial charge in [0.2, 0.25) is 0 Å². The number of hydrogen-bond acceptors (Lipinski definition) is 6. The zero-order valence-corrected chi connectivity index (χ0v) is 16.5. The summed E-state index contributed by atoms with van der Waals surface area (Å²) < 4.78 is 10.8. The minimum absolute atomic E-state index is 0.0981. The molecule has 4 rings (SSSR count). The van der Waals surface area contributed by atoms with Crippen LogP contribution in [-0.4, -0.2) is 43.8 Å². The highest BCUT2D eigenvalue weighted by Gasteiger charge is 2.43. The lowest BCUT2D eigenvalue weighted by atomic mass is 9.74. The van der Waals surface area contributed by atoms with E-state index in [1.54, 1.807) is 0 Å². The molecule has 1 aliphatic carbocycles. The fourth-order valence-corrected chi connectivity index (χ4v) is 5.54. The summed E-state index contributed by atoms with van der Waals surface area (Å²) in [6.45, 7) is 5.53. The van der Waals surface area contributed by atoms with Crippen molar-refractivity contribution >= 4 is 23.0 Å². The van der Waals surface area contributed by atoms with Gasteiger partial charge >= 0.3 is 5.97 Å². The molecule has 144 valence electrons. The highest BCUT2D eigenvalue weighted by molar-refractivity contribution is 7.14. The highest BCUT2D eigenvalue weighted by atomic mass is 32.1. The van der Waals surface area contributed by atoms with E-state index in [0.717, 1.165) is 51.1 Å². The van der Waals surface area contributed by atoms with Gasteiger partial charge in [-0.1, -0.05) is 30.3 Å². The Morgan fingerprint density at radius 2 is 2.04 bits per heavy atom. The predicted octanol–water partition coefficient (Wildman–Crippen LogP) is 3.22. The summed E-state index contributed by atoms with van der Waals surface area (Å²) in [7, 11) is 0. The van der Waals surface area contributed by atoms with Crippen molar-refractivity contribution in [1.82, 2.24) is 4.90 Å². The molecule has 2 heterocycles. The Labute approximate surface area is 164 Å². The van der Waals surface area contributed by atoms with E-state index in [9.17, 15) is 4.79 Å². The number of rotatable bonds is 4. The zero-order valence-electron chi connectivity index (χ0n) is 15.7. The number of hydrogen-bond donors (Lipinski definition) is 1. The number of benzene rings is 1. The number of carbonyl (C=O) groups is 1. The normalized spacial score (nSPS) is 23.0. The average Bonchev–Trinajstić information content (AvgIpc) is 3.05. The lowest BCUT2D eigenvalue weighted by molar-refractivity contribution is -0.0309. The van der Waals surface area contributed by atoms with E-state index >= 15 is 0 Å². The zero-order chi connectivity index (χ0) is 18.9. The Hall–Kier alpha value is -1.89. The largest absolute Gasteiger partial charge is 0.462 e. The molecule has 0 saturated carbocycles. The third-order valence-electron chi connectivity index (χ3n) is 5.75. The molecule has 1 fully saturated rings. The van der Waals surface area contributed by atoms with Gasteiger partial charge in [0.1, 0.15) is 4.88 Å². The van der Waals surface area contributed by atoms with E-state index < -0.39 is 0 Å². The molecule has 0 radical (unpaired) electrons. The lowest BCUT2D eigenvalue weighted by Crippen LogP contribution is -2.54.